The molecule has 0 saturated carbocycles. The molecule has 0 aromatic heterocycles. The van der Waals surface area contributed by atoms with Crippen LogP contribution in [0.1, 0.15) is 34.2 Å². The molecule has 2 aromatic rings. The van der Waals surface area contributed by atoms with Crippen molar-refractivity contribution < 1.29 is 9.90 Å². The summed E-state index contributed by atoms with van der Waals surface area (Å²) >= 11 is 0. The first-order chi connectivity index (χ1) is 11.2. The van der Waals surface area contributed by atoms with Gasteiger partial charge >= 0.3 is 6.03 Å². The van der Waals surface area contributed by atoms with Gasteiger partial charge in [-0.1, -0.05) is 48.5 Å². The van der Waals surface area contributed by atoms with Gasteiger partial charge in [-0.25, -0.2) is 4.79 Å². The highest BCUT2D eigenvalue weighted by molar-refractivity contribution is 5.75. The lowest BCUT2D eigenvalue weighted by Crippen LogP contribution is -2.43. The Morgan fingerprint density at radius 2 is 1.65 bits per heavy atom. The minimum absolute atomic E-state index is 0.213. The van der Waals surface area contributed by atoms with Gasteiger partial charge < -0.3 is 15.7 Å². The Hall–Kier alpha value is -2.33. The molecule has 3 unspecified atom stereocenters. The van der Waals surface area contributed by atoms with Crippen LogP contribution in [0.5, 0.6) is 0 Å². The number of hydrogen-bond acceptors (Lipinski definition) is 2. The first-order valence-corrected chi connectivity index (χ1v) is 8.10. The predicted molar refractivity (Wildman–Crippen MR) is 88.3 cm³/mol. The van der Waals surface area contributed by atoms with Gasteiger partial charge in [0.05, 0.1) is 12.1 Å². The SMILES string of the molecule is O=C(NCC1Cc2ccccc21)NC1c2ccccc2CC1O. The normalized spacial score (nSPS) is 24.3. The molecule has 3 atom stereocenters. The third kappa shape index (κ3) is 2.59. The highest BCUT2D eigenvalue weighted by Crippen LogP contribution is 2.34. The van der Waals surface area contributed by atoms with Crippen LogP contribution in [0, 0.1) is 0 Å². The molecular formula is C19H20N2O2. The maximum atomic E-state index is 12.2. The summed E-state index contributed by atoms with van der Waals surface area (Å²) in [6, 6.07) is 15.7. The topological polar surface area (TPSA) is 61.4 Å². The fraction of sp³-hybridized carbons (Fsp3) is 0.316. The van der Waals surface area contributed by atoms with E-state index in [0.29, 0.717) is 18.9 Å². The van der Waals surface area contributed by atoms with Crippen molar-refractivity contribution in [2.45, 2.75) is 30.9 Å². The van der Waals surface area contributed by atoms with Crippen LogP contribution in [-0.2, 0) is 12.8 Å². The molecule has 2 aliphatic carbocycles. The minimum atomic E-state index is -0.553. The Kier molecular flexibility index (Phi) is 3.54. The van der Waals surface area contributed by atoms with Gasteiger partial charge in [0.15, 0.2) is 0 Å². The number of aliphatic hydroxyl groups excluding tert-OH is 1. The molecule has 23 heavy (non-hydrogen) atoms. The first-order valence-electron chi connectivity index (χ1n) is 8.10. The van der Waals surface area contributed by atoms with E-state index in [9.17, 15) is 9.90 Å². The van der Waals surface area contributed by atoms with Gasteiger partial charge in [0.1, 0.15) is 0 Å². The molecule has 0 saturated heterocycles. The summed E-state index contributed by atoms with van der Waals surface area (Å²) in [7, 11) is 0. The fourth-order valence-corrected chi connectivity index (χ4v) is 3.70. The van der Waals surface area contributed by atoms with Crippen LogP contribution in [0.2, 0.25) is 0 Å². The van der Waals surface area contributed by atoms with Crippen LogP contribution < -0.4 is 10.6 Å². The molecular weight excluding hydrogens is 288 g/mol. The number of urea groups is 1. The van der Waals surface area contributed by atoms with Crippen LogP contribution >= 0.6 is 0 Å². The molecule has 2 amide bonds. The molecule has 2 aliphatic rings. The highest BCUT2D eigenvalue weighted by atomic mass is 16.3. The number of nitrogens with one attached hydrogen (secondary N) is 2. The molecule has 2 aromatic carbocycles. The standard InChI is InChI=1S/C19H20N2O2/c22-17-10-13-6-2-4-8-16(13)18(17)21-19(23)20-11-14-9-12-5-1-3-7-15(12)14/h1-8,14,17-18,22H,9-11H2,(H2,20,21,23). The van der Waals surface area contributed by atoms with Gasteiger partial charge in [-0.2, -0.15) is 0 Å². The maximum absolute atomic E-state index is 12.2. The summed E-state index contributed by atoms with van der Waals surface area (Å²) in [6.07, 6.45) is 1.06. The Bertz CT molecular complexity index is 744. The van der Waals surface area contributed by atoms with Crippen LogP contribution in [0.25, 0.3) is 0 Å². The van der Waals surface area contributed by atoms with E-state index >= 15 is 0 Å². The fourth-order valence-electron chi connectivity index (χ4n) is 3.70. The quantitative estimate of drug-likeness (QED) is 0.814. The number of hydrogen-bond donors (Lipinski definition) is 3. The molecule has 0 aliphatic heterocycles. The van der Waals surface area contributed by atoms with E-state index in [1.807, 2.05) is 36.4 Å². The van der Waals surface area contributed by atoms with E-state index in [1.54, 1.807) is 0 Å². The van der Waals surface area contributed by atoms with Crippen molar-refractivity contribution in [2.24, 2.45) is 0 Å². The number of carbonyl (C=O) groups is 1. The first kappa shape index (κ1) is 14.3. The van der Waals surface area contributed by atoms with Crippen LogP contribution in [0.4, 0.5) is 4.79 Å². The van der Waals surface area contributed by atoms with E-state index in [4.69, 9.17) is 0 Å². The zero-order valence-electron chi connectivity index (χ0n) is 12.8. The second-order valence-corrected chi connectivity index (χ2v) is 6.40. The van der Waals surface area contributed by atoms with Crippen molar-refractivity contribution in [1.82, 2.24) is 10.6 Å². The maximum Gasteiger partial charge on any atom is 0.315 e. The van der Waals surface area contributed by atoms with E-state index in [1.165, 1.54) is 11.1 Å². The van der Waals surface area contributed by atoms with Crippen molar-refractivity contribution in [3.8, 4) is 0 Å². The number of amides is 2. The van der Waals surface area contributed by atoms with Crippen LogP contribution in [0.3, 0.4) is 0 Å². The van der Waals surface area contributed by atoms with Gasteiger partial charge in [-0.05, 0) is 28.7 Å². The van der Waals surface area contributed by atoms with Crippen molar-refractivity contribution in [3.63, 3.8) is 0 Å². The Balaban J connectivity index is 1.35. The predicted octanol–water partition coefficient (Wildman–Crippen LogP) is 2.28. The number of fused-ring (bicyclic) bond motifs is 2. The van der Waals surface area contributed by atoms with Crippen LogP contribution in [-0.4, -0.2) is 23.8 Å². The van der Waals surface area contributed by atoms with E-state index < -0.39 is 6.10 Å². The van der Waals surface area contributed by atoms with Crippen molar-refractivity contribution in [1.29, 1.82) is 0 Å². The molecule has 0 radical (unpaired) electrons. The number of benzene rings is 2. The summed E-state index contributed by atoms with van der Waals surface area (Å²) in [5.41, 5.74) is 4.83. The monoisotopic (exact) mass is 308 g/mol. The lowest BCUT2D eigenvalue weighted by molar-refractivity contribution is 0.142. The summed E-state index contributed by atoms with van der Waals surface area (Å²) in [4.78, 5) is 12.2. The van der Waals surface area contributed by atoms with E-state index in [-0.39, 0.29) is 12.1 Å². The third-order valence-corrected chi connectivity index (χ3v) is 4.96. The molecule has 0 spiro atoms. The van der Waals surface area contributed by atoms with Gasteiger partial charge in [0, 0.05) is 18.9 Å². The summed E-state index contributed by atoms with van der Waals surface area (Å²) < 4.78 is 0. The highest BCUT2D eigenvalue weighted by Gasteiger charge is 2.32. The minimum Gasteiger partial charge on any atom is -0.390 e. The van der Waals surface area contributed by atoms with Gasteiger partial charge in [-0.15, -0.1) is 0 Å². The number of rotatable bonds is 3. The lowest BCUT2D eigenvalue weighted by Gasteiger charge is -2.30. The summed E-state index contributed by atoms with van der Waals surface area (Å²) in [5, 5.41) is 16.0. The van der Waals surface area contributed by atoms with E-state index in [0.717, 1.165) is 17.5 Å². The molecule has 4 heteroatoms. The molecule has 4 rings (SSSR count). The average Bonchev–Trinajstić information content (AvgIpc) is 2.84. The second kappa shape index (κ2) is 5.70. The van der Waals surface area contributed by atoms with Gasteiger partial charge in [-0.3, -0.25) is 0 Å². The zero-order valence-corrected chi connectivity index (χ0v) is 12.8. The molecule has 0 bridgehead atoms. The van der Waals surface area contributed by atoms with E-state index in [2.05, 4.69) is 22.8 Å². The Morgan fingerprint density at radius 1 is 1.00 bits per heavy atom. The third-order valence-electron chi connectivity index (χ3n) is 4.96. The Morgan fingerprint density at radius 3 is 2.39 bits per heavy atom. The lowest BCUT2D eigenvalue weighted by atomic mass is 9.78. The molecule has 0 fully saturated rings. The van der Waals surface area contributed by atoms with Crippen molar-refractivity contribution in [2.75, 3.05) is 6.54 Å². The smallest absolute Gasteiger partial charge is 0.315 e. The second-order valence-electron chi connectivity index (χ2n) is 6.40. The average molecular weight is 308 g/mol. The summed E-state index contributed by atoms with van der Waals surface area (Å²) in [6.45, 7) is 0.632. The Labute approximate surface area is 135 Å². The molecule has 3 N–H and O–H groups in total. The summed E-state index contributed by atoms with van der Waals surface area (Å²) in [5.74, 6) is 0.401. The molecule has 4 nitrogen and oxygen atoms in total. The zero-order chi connectivity index (χ0) is 15.8. The van der Waals surface area contributed by atoms with Gasteiger partial charge in [0.2, 0.25) is 0 Å². The van der Waals surface area contributed by atoms with Crippen molar-refractivity contribution in [3.05, 3.63) is 70.8 Å². The molecule has 118 valence electrons. The van der Waals surface area contributed by atoms with Crippen LogP contribution in [0.15, 0.2) is 48.5 Å². The van der Waals surface area contributed by atoms with Crippen molar-refractivity contribution >= 4 is 6.03 Å². The van der Waals surface area contributed by atoms with Gasteiger partial charge in [0.25, 0.3) is 0 Å². The molecule has 0 heterocycles. The number of aliphatic hydroxyl groups is 1. The number of carbonyl (C=O) groups excluding carboxylic acids is 1. The largest absolute Gasteiger partial charge is 0.390 e.